The molecule has 1 aromatic heterocycles. The van der Waals surface area contributed by atoms with Crippen molar-refractivity contribution in [3.05, 3.63) is 58.4 Å². The summed E-state index contributed by atoms with van der Waals surface area (Å²) >= 11 is 6.00. The van der Waals surface area contributed by atoms with Gasteiger partial charge < -0.3 is 5.73 Å². The number of nitrogens with two attached hydrogens (primary N) is 1. The van der Waals surface area contributed by atoms with Gasteiger partial charge in [0.15, 0.2) is 0 Å². The van der Waals surface area contributed by atoms with Gasteiger partial charge >= 0.3 is 0 Å². The van der Waals surface area contributed by atoms with Crippen LogP contribution in [-0.4, -0.2) is 13.4 Å². The molecule has 2 aromatic rings. The smallest absolute Gasteiger partial charge is 0.240 e. The highest BCUT2D eigenvalue weighted by atomic mass is 35.5. The molecular formula is C14H16ClN3O2S. The summed E-state index contributed by atoms with van der Waals surface area (Å²) in [5, 5.41) is 0.348. The third kappa shape index (κ3) is 3.79. The maximum atomic E-state index is 12.3. The van der Waals surface area contributed by atoms with Gasteiger partial charge in [-0.25, -0.2) is 13.1 Å². The number of aryl methyl sites for hydroxylation is 1. The Hall–Kier alpha value is -1.47. The minimum absolute atomic E-state index is 0.122. The van der Waals surface area contributed by atoms with Crippen LogP contribution in [0.3, 0.4) is 0 Å². The van der Waals surface area contributed by atoms with Crippen LogP contribution in [0, 0.1) is 6.92 Å². The minimum atomic E-state index is -3.62. The van der Waals surface area contributed by atoms with E-state index < -0.39 is 10.0 Å². The standard InChI is InChI=1S/C14H16ClN3O2S/c1-10-8-17-5-4-12(10)9-18-21(19,20)13-3-2-11(7-16)14(15)6-13/h2-6,8,18H,7,9,16H2,1H3. The Morgan fingerprint density at radius 1 is 1.29 bits per heavy atom. The van der Waals surface area contributed by atoms with Crippen LogP contribution in [-0.2, 0) is 23.1 Å². The van der Waals surface area contributed by atoms with Gasteiger partial charge in [-0.05, 0) is 41.8 Å². The molecule has 0 fully saturated rings. The fraction of sp³-hybridized carbons (Fsp3) is 0.214. The molecule has 7 heteroatoms. The highest BCUT2D eigenvalue weighted by molar-refractivity contribution is 7.89. The number of aromatic nitrogens is 1. The van der Waals surface area contributed by atoms with E-state index in [1.165, 1.54) is 12.1 Å². The molecule has 0 saturated carbocycles. The first-order chi connectivity index (χ1) is 9.94. The summed E-state index contributed by atoms with van der Waals surface area (Å²) < 4.78 is 27.1. The minimum Gasteiger partial charge on any atom is -0.326 e. The van der Waals surface area contributed by atoms with Crippen LogP contribution in [0.1, 0.15) is 16.7 Å². The van der Waals surface area contributed by atoms with Crippen molar-refractivity contribution in [2.75, 3.05) is 0 Å². The van der Waals surface area contributed by atoms with Crippen molar-refractivity contribution >= 4 is 21.6 Å². The van der Waals surface area contributed by atoms with Gasteiger partial charge in [0.2, 0.25) is 10.0 Å². The van der Waals surface area contributed by atoms with Gasteiger partial charge in [-0.15, -0.1) is 0 Å². The number of nitrogens with one attached hydrogen (secondary N) is 1. The van der Waals surface area contributed by atoms with Crippen molar-refractivity contribution < 1.29 is 8.42 Å². The molecular weight excluding hydrogens is 310 g/mol. The lowest BCUT2D eigenvalue weighted by Crippen LogP contribution is -2.23. The molecule has 21 heavy (non-hydrogen) atoms. The van der Waals surface area contributed by atoms with Crippen molar-refractivity contribution in [1.82, 2.24) is 9.71 Å². The van der Waals surface area contributed by atoms with Gasteiger partial charge in [-0.2, -0.15) is 0 Å². The van der Waals surface area contributed by atoms with E-state index in [1.807, 2.05) is 6.92 Å². The van der Waals surface area contributed by atoms with Crippen LogP contribution in [0.25, 0.3) is 0 Å². The lowest BCUT2D eigenvalue weighted by atomic mass is 10.2. The van der Waals surface area contributed by atoms with Gasteiger partial charge in [0.25, 0.3) is 0 Å². The molecule has 0 atom stereocenters. The quantitative estimate of drug-likeness (QED) is 0.880. The SMILES string of the molecule is Cc1cnccc1CNS(=O)(=O)c1ccc(CN)c(Cl)c1. The predicted molar refractivity (Wildman–Crippen MR) is 82.3 cm³/mol. The maximum absolute atomic E-state index is 12.3. The molecule has 1 aromatic carbocycles. The third-order valence-corrected chi connectivity index (χ3v) is 4.89. The van der Waals surface area contributed by atoms with Crippen LogP contribution in [0.5, 0.6) is 0 Å². The van der Waals surface area contributed by atoms with Gasteiger partial charge in [0.1, 0.15) is 0 Å². The zero-order chi connectivity index (χ0) is 15.5. The average molecular weight is 326 g/mol. The first-order valence-corrected chi connectivity index (χ1v) is 8.18. The summed E-state index contributed by atoms with van der Waals surface area (Å²) in [6.07, 6.45) is 3.32. The number of benzene rings is 1. The van der Waals surface area contributed by atoms with Crippen LogP contribution in [0.15, 0.2) is 41.6 Å². The van der Waals surface area contributed by atoms with Gasteiger partial charge in [0, 0.05) is 30.5 Å². The summed E-state index contributed by atoms with van der Waals surface area (Å²) in [5.41, 5.74) is 8.02. The summed E-state index contributed by atoms with van der Waals surface area (Å²) in [6, 6.07) is 6.30. The van der Waals surface area contributed by atoms with Crippen molar-refractivity contribution in [3.63, 3.8) is 0 Å². The van der Waals surface area contributed by atoms with Crippen molar-refractivity contribution in [2.45, 2.75) is 24.9 Å². The van der Waals surface area contributed by atoms with E-state index >= 15 is 0 Å². The lowest BCUT2D eigenvalue weighted by molar-refractivity contribution is 0.581. The van der Waals surface area contributed by atoms with E-state index in [9.17, 15) is 8.42 Å². The van der Waals surface area contributed by atoms with E-state index in [1.54, 1.807) is 24.5 Å². The van der Waals surface area contributed by atoms with Crippen molar-refractivity contribution in [2.24, 2.45) is 5.73 Å². The van der Waals surface area contributed by atoms with E-state index in [-0.39, 0.29) is 18.0 Å². The number of pyridine rings is 1. The van der Waals surface area contributed by atoms with Crippen molar-refractivity contribution in [3.8, 4) is 0 Å². The Balaban J connectivity index is 2.19. The van der Waals surface area contributed by atoms with E-state index in [4.69, 9.17) is 17.3 Å². The molecule has 0 aliphatic carbocycles. The van der Waals surface area contributed by atoms with Gasteiger partial charge in [0.05, 0.1) is 4.90 Å². The molecule has 2 rings (SSSR count). The topological polar surface area (TPSA) is 85.1 Å². The van der Waals surface area contributed by atoms with E-state index in [0.29, 0.717) is 10.6 Å². The molecule has 0 aliphatic rings. The number of hydrogen-bond donors (Lipinski definition) is 2. The Labute approximate surface area is 129 Å². The molecule has 3 N–H and O–H groups in total. The summed E-state index contributed by atoms with van der Waals surface area (Å²) in [7, 11) is -3.62. The summed E-state index contributed by atoms with van der Waals surface area (Å²) in [6.45, 7) is 2.35. The highest BCUT2D eigenvalue weighted by Crippen LogP contribution is 2.20. The fourth-order valence-electron chi connectivity index (χ4n) is 1.82. The molecule has 1 heterocycles. The zero-order valence-electron chi connectivity index (χ0n) is 11.5. The summed E-state index contributed by atoms with van der Waals surface area (Å²) in [5.74, 6) is 0. The molecule has 5 nitrogen and oxygen atoms in total. The lowest BCUT2D eigenvalue weighted by Gasteiger charge is -2.10. The molecule has 0 bridgehead atoms. The maximum Gasteiger partial charge on any atom is 0.240 e. The number of halogens is 1. The molecule has 0 spiro atoms. The Kier molecular flexibility index (Phi) is 4.95. The monoisotopic (exact) mass is 325 g/mol. The predicted octanol–water partition coefficient (Wildman–Crippen LogP) is 1.98. The first kappa shape index (κ1) is 15.9. The number of rotatable bonds is 5. The van der Waals surface area contributed by atoms with E-state index in [2.05, 4.69) is 9.71 Å². The third-order valence-electron chi connectivity index (χ3n) is 3.14. The first-order valence-electron chi connectivity index (χ1n) is 6.31. The van der Waals surface area contributed by atoms with Gasteiger partial charge in [-0.1, -0.05) is 17.7 Å². The van der Waals surface area contributed by atoms with Crippen LogP contribution in [0.2, 0.25) is 5.02 Å². The zero-order valence-corrected chi connectivity index (χ0v) is 13.1. The van der Waals surface area contributed by atoms with Crippen LogP contribution < -0.4 is 10.5 Å². The highest BCUT2D eigenvalue weighted by Gasteiger charge is 2.15. The fourth-order valence-corrected chi connectivity index (χ4v) is 3.17. The normalized spacial score (nSPS) is 11.6. The average Bonchev–Trinajstić information content (AvgIpc) is 2.46. The molecule has 0 amide bonds. The second-order valence-electron chi connectivity index (χ2n) is 4.58. The molecule has 0 aliphatic heterocycles. The van der Waals surface area contributed by atoms with Gasteiger partial charge in [-0.3, -0.25) is 4.98 Å². The van der Waals surface area contributed by atoms with Crippen LogP contribution >= 0.6 is 11.6 Å². The Morgan fingerprint density at radius 3 is 2.67 bits per heavy atom. The molecule has 112 valence electrons. The molecule has 0 saturated heterocycles. The Bertz CT molecular complexity index is 748. The second-order valence-corrected chi connectivity index (χ2v) is 6.76. The summed E-state index contributed by atoms with van der Waals surface area (Å²) in [4.78, 5) is 4.09. The van der Waals surface area contributed by atoms with Crippen molar-refractivity contribution in [1.29, 1.82) is 0 Å². The second kappa shape index (κ2) is 6.53. The Morgan fingerprint density at radius 2 is 2.05 bits per heavy atom. The van der Waals surface area contributed by atoms with E-state index in [0.717, 1.165) is 11.1 Å². The largest absolute Gasteiger partial charge is 0.326 e. The van der Waals surface area contributed by atoms with Crippen LogP contribution in [0.4, 0.5) is 0 Å². The number of nitrogens with zero attached hydrogens (tertiary/aromatic N) is 1. The number of hydrogen-bond acceptors (Lipinski definition) is 4. The molecule has 0 unspecified atom stereocenters. The molecule has 0 radical (unpaired) electrons. The number of sulfonamides is 1.